The summed E-state index contributed by atoms with van der Waals surface area (Å²) in [5.74, 6) is 1.18. The topological polar surface area (TPSA) is 60.7 Å². The van der Waals surface area contributed by atoms with Crippen LogP contribution in [-0.4, -0.2) is 47.5 Å². The SMILES string of the molecule is C/C(=C/c1cc(C)c(O)c(C)c1)C[N+](C)(C)C.C=Cc1cc(C)c(O)c(C)c1.C=Cc1cc(C)c(O)c(C)c1.[Y]. The molecular formula is C35H48NO3Y+. The van der Waals surface area contributed by atoms with E-state index in [0.29, 0.717) is 17.2 Å². The Morgan fingerprint density at radius 1 is 0.600 bits per heavy atom. The van der Waals surface area contributed by atoms with E-state index < -0.39 is 0 Å². The second kappa shape index (κ2) is 16.6. The number of nitrogens with zero attached hydrogens (tertiary/aromatic N) is 1. The van der Waals surface area contributed by atoms with E-state index in [9.17, 15) is 15.3 Å². The average Bonchev–Trinajstić information content (AvgIpc) is 2.83. The summed E-state index contributed by atoms with van der Waals surface area (Å²) in [6.45, 7) is 21.9. The molecule has 0 aliphatic heterocycles. The second-order valence-corrected chi connectivity index (χ2v) is 11.4. The fraction of sp³-hybridized carbons (Fsp3) is 0.314. The van der Waals surface area contributed by atoms with Crippen molar-refractivity contribution in [1.82, 2.24) is 0 Å². The van der Waals surface area contributed by atoms with Crippen molar-refractivity contribution in [2.24, 2.45) is 0 Å². The van der Waals surface area contributed by atoms with E-state index in [1.54, 1.807) is 12.2 Å². The van der Waals surface area contributed by atoms with Crippen molar-refractivity contribution >= 4 is 18.2 Å². The van der Waals surface area contributed by atoms with Gasteiger partial charge in [0, 0.05) is 32.7 Å². The first-order valence-electron chi connectivity index (χ1n) is 13.1. The molecule has 3 aromatic rings. The van der Waals surface area contributed by atoms with Gasteiger partial charge in [-0.05, 0) is 141 Å². The Balaban J connectivity index is 0.000000584. The number of benzene rings is 3. The summed E-state index contributed by atoms with van der Waals surface area (Å²) >= 11 is 0. The molecule has 3 aromatic carbocycles. The zero-order chi connectivity index (χ0) is 30.1. The molecule has 0 aliphatic carbocycles. The number of quaternary nitrogens is 1. The molecule has 0 amide bonds. The van der Waals surface area contributed by atoms with Crippen molar-refractivity contribution < 1.29 is 52.5 Å². The predicted molar refractivity (Wildman–Crippen MR) is 169 cm³/mol. The van der Waals surface area contributed by atoms with Crippen molar-refractivity contribution in [2.75, 3.05) is 27.7 Å². The zero-order valence-corrected chi connectivity index (χ0v) is 29.0. The van der Waals surface area contributed by atoms with Gasteiger partial charge in [-0.2, -0.15) is 0 Å². The first-order valence-corrected chi connectivity index (χ1v) is 13.1. The number of phenols is 3. The molecule has 0 aromatic heterocycles. The van der Waals surface area contributed by atoms with Crippen LogP contribution in [0.2, 0.25) is 0 Å². The van der Waals surface area contributed by atoms with E-state index in [1.165, 1.54) is 11.1 Å². The molecule has 0 bridgehead atoms. The number of phenolic OH excluding ortho intramolecular Hbond substituents is 3. The first kappa shape index (κ1) is 37.3. The van der Waals surface area contributed by atoms with Crippen LogP contribution < -0.4 is 0 Å². The van der Waals surface area contributed by atoms with Crippen LogP contribution in [0.15, 0.2) is 55.1 Å². The van der Waals surface area contributed by atoms with Gasteiger partial charge in [-0.3, -0.25) is 0 Å². The number of likely N-dealkylation sites (N-methyl/N-ethyl adjacent to an activating group) is 1. The fourth-order valence-electron chi connectivity index (χ4n) is 4.37. The Hall–Kier alpha value is -2.66. The van der Waals surface area contributed by atoms with Gasteiger partial charge in [-0.15, -0.1) is 0 Å². The molecule has 0 saturated heterocycles. The van der Waals surface area contributed by atoms with Crippen LogP contribution in [0, 0.1) is 41.5 Å². The largest absolute Gasteiger partial charge is 0.507 e. The monoisotopic (exact) mass is 619 g/mol. The van der Waals surface area contributed by atoms with Crippen LogP contribution in [-0.2, 0) is 32.7 Å². The van der Waals surface area contributed by atoms with Crippen molar-refractivity contribution in [3.8, 4) is 17.2 Å². The average molecular weight is 620 g/mol. The van der Waals surface area contributed by atoms with Crippen LogP contribution in [0.25, 0.3) is 18.2 Å². The molecule has 40 heavy (non-hydrogen) atoms. The maximum absolute atomic E-state index is 9.73. The van der Waals surface area contributed by atoms with Crippen LogP contribution in [0.1, 0.15) is 57.0 Å². The Bertz CT molecular complexity index is 1220. The van der Waals surface area contributed by atoms with E-state index in [2.05, 4.69) is 47.3 Å². The summed E-state index contributed by atoms with van der Waals surface area (Å²) < 4.78 is 0.929. The molecule has 0 saturated carbocycles. The summed E-state index contributed by atoms with van der Waals surface area (Å²) in [5, 5.41) is 28.5. The van der Waals surface area contributed by atoms with Crippen molar-refractivity contribution in [2.45, 2.75) is 48.5 Å². The van der Waals surface area contributed by atoms with E-state index in [0.717, 1.165) is 55.5 Å². The van der Waals surface area contributed by atoms with Crippen molar-refractivity contribution in [1.29, 1.82) is 0 Å². The van der Waals surface area contributed by atoms with E-state index in [4.69, 9.17) is 0 Å². The minimum absolute atomic E-state index is 0. The fourth-order valence-corrected chi connectivity index (χ4v) is 4.37. The van der Waals surface area contributed by atoms with Gasteiger partial charge in [-0.1, -0.05) is 31.4 Å². The Morgan fingerprint density at radius 3 is 1.07 bits per heavy atom. The van der Waals surface area contributed by atoms with Crippen LogP contribution >= 0.6 is 0 Å². The minimum Gasteiger partial charge on any atom is -0.507 e. The van der Waals surface area contributed by atoms with Gasteiger partial charge in [0.2, 0.25) is 0 Å². The smallest absolute Gasteiger partial charge is 0.121 e. The van der Waals surface area contributed by atoms with Crippen molar-refractivity contribution in [3.05, 3.63) is 105 Å². The third kappa shape index (κ3) is 12.2. The summed E-state index contributed by atoms with van der Waals surface area (Å²) in [6, 6.07) is 11.7. The molecule has 0 unspecified atom stereocenters. The summed E-state index contributed by atoms with van der Waals surface area (Å²) in [5.41, 5.74) is 10.1. The van der Waals surface area contributed by atoms with Gasteiger partial charge in [0.15, 0.2) is 0 Å². The Labute approximate surface area is 267 Å². The molecular weight excluding hydrogens is 571 g/mol. The molecule has 1 radical (unpaired) electrons. The third-order valence-electron chi connectivity index (χ3n) is 6.15. The van der Waals surface area contributed by atoms with Crippen LogP contribution in [0.4, 0.5) is 0 Å². The number of hydrogen-bond acceptors (Lipinski definition) is 3. The molecule has 0 atom stereocenters. The number of aromatic hydroxyl groups is 3. The first-order chi connectivity index (χ1) is 18.0. The van der Waals surface area contributed by atoms with Crippen molar-refractivity contribution in [3.63, 3.8) is 0 Å². The van der Waals surface area contributed by atoms with E-state index >= 15 is 0 Å². The molecule has 0 heterocycles. The standard InChI is InChI=1S/C15H23NO.2C10H12O.Y/c1-11(10-16(4,5)6)7-14-8-12(2)15(17)13(3)9-14;2*1-4-9-5-7(2)10(11)8(3)6-9;/h7-9H,10H2,1-6H3;2*4-6,11H,1H2,2-3H3;/p+1/b11-7-;;;. The molecule has 3 N–H and O–H groups in total. The maximum Gasteiger partial charge on any atom is 0.121 e. The number of aryl methyl sites for hydroxylation is 6. The molecule has 4 nitrogen and oxygen atoms in total. The molecule has 0 fully saturated rings. The maximum atomic E-state index is 9.73. The van der Waals surface area contributed by atoms with Gasteiger partial charge in [-0.25, -0.2) is 0 Å². The predicted octanol–water partition coefficient (Wildman–Crippen LogP) is 8.42. The van der Waals surface area contributed by atoms with Gasteiger partial charge >= 0.3 is 0 Å². The Morgan fingerprint density at radius 2 is 0.850 bits per heavy atom. The minimum atomic E-state index is 0. The normalized spacial score (nSPS) is 10.8. The molecule has 0 aliphatic rings. The van der Waals surface area contributed by atoms with Crippen LogP contribution in [0.5, 0.6) is 17.2 Å². The number of hydrogen-bond donors (Lipinski definition) is 3. The summed E-state index contributed by atoms with van der Waals surface area (Å²) in [6.07, 6.45) is 5.75. The molecule has 213 valence electrons. The molecule has 3 rings (SSSR count). The molecule has 0 spiro atoms. The quantitative estimate of drug-likeness (QED) is 0.251. The van der Waals surface area contributed by atoms with Gasteiger partial charge in [0.25, 0.3) is 0 Å². The van der Waals surface area contributed by atoms with Gasteiger partial charge in [0.1, 0.15) is 17.2 Å². The van der Waals surface area contributed by atoms with Gasteiger partial charge < -0.3 is 19.8 Å². The van der Waals surface area contributed by atoms with E-state index in [1.807, 2.05) is 77.9 Å². The van der Waals surface area contributed by atoms with E-state index in [-0.39, 0.29) is 32.7 Å². The second-order valence-electron chi connectivity index (χ2n) is 11.4. The number of rotatable bonds is 5. The molecule has 5 heteroatoms. The zero-order valence-electron chi connectivity index (χ0n) is 26.2. The van der Waals surface area contributed by atoms with Gasteiger partial charge in [0.05, 0.1) is 27.7 Å². The summed E-state index contributed by atoms with van der Waals surface area (Å²) in [7, 11) is 6.56. The van der Waals surface area contributed by atoms with Crippen LogP contribution in [0.3, 0.4) is 0 Å². The Kier molecular flexibility index (Phi) is 15.5. The summed E-state index contributed by atoms with van der Waals surface area (Å²) in [4.78, 5) is 0. The third-order valence-corrected chi connectivity index (χ3v) is 6.15.